The Labute approximate surface area is 112 Å². The van der Waals surface area contributed by atoms with E-state index in [9.17, 15) is 14.7 Å². The molecule has 106 valence electrons. The number of fused-ring (bicyclic) bond motifs is 1. The Balaban J connectivity index is 2.46. The Kier molecular flexibility index (Phi) is 3.94. The molecule has 2 rings (SSSR count). The van der Waals surface area contributed by atoms with Gasteiger partial charge in [-0.2, -0.15) is 0 Å². The van der Waals surface area contributed by atoms with Crippen molar-refractivity contribution in [2.75, 3.05) is 14.2 Å². The van der Waals surface area contributed by atoms with Gasteiger partial charge in [0.1, 0.15) is 0 Å². The molecule has 0 saturated heterocycles. The summed E-state index contributed by atoms with van der Waals surface area (Å²) in [6, 6.07) is 0. The molecule has 0 aromatic rings. The van der Waals surface area contributed by atoms with Crippen molar-refractivity contribution in [3.8, 4) is 0 Å². The number of methoxy groups -OCH3 is 2. The van der Waals surface area contributed by atoms with Crippen LogP contribution in [-0.2, 0) is 19.1 Å². The molecule has 2 aliphatic carbocycles. The van der Waals surface area contributed by atoms with Gasteiger partial charge < -0.3 is 14.6 Å². The molecule has 1 fully saturated rings. The van der Waals surface area contributed by atoms with E-state index < -0.39 is 23.5 Å². The summed E-state index contributed by atoms with van der Waals surface area (Å²) in [5.74, 6) is -1.32. The number of aliphatic hydroxyl groups excluding tert-OH is 1. The average Bonchev–Trinajstić information content (AvgIpc) is 2.44. The third-order valence-electron chi connectivity index (χ3n) is 4.38. The van der Waals surface area contributed by atoms with Gasteiger partial charge in [0.2, 0.25) is 0 Å². The predicted molar refractivity (Wildman–Crippen MR) is 67.1 cm³/mol. The quantitative estimate of drug-likeness (QED) is 0.460. The maximum Gasteiger partial charge on any atom is 0.323 e. The van der Waals surface area contributed by atoms with Crippen LogP contribution in [0.25, 0.3) is 0 Å². The molecule has 0 amide bonds. The van der Waals surface area contributed by atoms with Crippen molar-refractivity contribution in [1.29, 1.82) is 0 Å². The first-order valence-electron chi connectivity index (χ1n) is 6.57. The Morgan fingerprint density at radius 3 is 2.47 bits per heavy atom. The molecule has 0 spiro atoms. The molecule has 3 atom stereocenters. The van der Waals surface area contributed by atoms with E-state index in [1.165, 1.54) is 14.2 Å². The summed E-state index contributed by atoms with van der Waals surface area (Å²) < 4.78 is 9.68. The molecule has 0 heterocycles. The maximum absolute atomic E-state index is 12.2. The highest BCUT2D eigenvalue weighted by atomic mass is 16.5. The van der Waals surface area contributed by atoms with Crippen molar-refractivity contribution in [2.45, 2.75) is 31.8 Å². The summed E-state index contributed by atoms with van der Waals surface area (Å²) >= 11 is 0. The molecule has 1 N–H and O–H groups in total. The van der Waals surface area contributed by atoms with Gasteiger partial charge in [-0.05, 0) is 31.1 Å². The molecular formula is C14H20O5. The molecule has 0 radical (unpaired) electrons. The van der Waals surface area contributed by atoms with E-state index in [2.05, 4.69) is 0 Å². The zero-order valence-corrected chi connectivity index (χ0v) is 11.3. The highest BCUT2D eigenvalue weighted by molar-refractivity contribution is 6.00. The Hall–Kier alpha value is -1.36. The van der Waals surface area contributed by atoms with Gasteiger partial charge in [-0.1, -0.05) is 12.2 Å². The molecule has 2 aliphatic rings. The van der Waals surface area contributed by atoms with Crippen LogP contribution in [0.4, 0.5) is 0 Å². The second-order valence-electron chi connectivity index (χ2n) is 5.32. The number of hydrogen-bond acceptors (Lipinski definition) is 5. The summed E-state index contributed by atoms with van der Waals surface area (Å²) in [4.78, 5) is 24.5. The van der Waals surface area contributed by atoms with E-state index in [-0.39, 0.29) is 18.3 Å². The van der Waals surface area contributed by atoms with Crippen LogP contribution in [0.15, 0.2) is 12.2 Å². The van der Waals surface area contributed by atoms with Crippen LogP contribution in [0.5, 0.6) is 0 Å². The molecule has 1 saturated carbocycles. The fourth-order valence-electron chi connectivity index (χ4n) is 3.59. The van der Waals surface area contributed by atoms with Gasteiger partial charge in [-0.25, -0.2) is 0 Å². The van der Waals surface area contributed by atoms with Gasteiger partial charge in [0.25, 0.3) is 0 Å². The topological polar surface area (TPSA) is 72.8 Å². The predicted octanol–water partition coefficient (Wildman–Crippen LogP) is 1.06. The highest BCUT2D eigenvalue weighted by Crippen LogP contribution is 2.50. The summed E-state index contributed by atoms with van der Waals surface area (Å²) in [7, 11) is 2.53. The van der Waals surface area contributed by atoms with E-state index in [4.69, 9.17) is 9.47 Å². The lowest BCUT2D eigenvalue weighted by atomic mass is 9.58. The van der Waals surface area contributed by atoms with Crippen LogP contribution in [0.3, 0.4) is 0 Å². The monoisotopic (exact) mass is 268 g/mol. The number of ether oxygens (including phenoxy) is 2. The van der Waals surface area contributed by atoms with E-state index in [0.717, 1.165) is 12.8 Å². The van der Waals surface area contributed by atoms with Crippen molar-refractivity contribution >= 4 is 11.9 Å². The number of carbonyl (C=O) groups excluding carboxylic acids is 2. The third kappa shape index (κ3) is 2.16. The van der Waals surface area contributed by atoms with Crippen LogP contribution in [0.2, 0.25) is 0 Å². The lowest BCUT2D eigenvalue weighted by molar-refractivity contribution is -0.183. The number of carbonyl (C=O) groups is 2. The van der Waals surface area contributed by atoms with Gasteiger partial charge in [-0.3, -0.25) is 9.59 Å². The molecule has 0 bridgehead atoms. The maximum atomic E-state index is 12.2. The van der Waals surface area contributed by atoms with Gasteiger partial charge in [0, 0.05) is 6.42 Å². The fourth-order valence-corrected chi connectivity index (χ4v) is 3.59. The van der Waals surface area contributed by atoms with Crippen molar-refractivity contribution in [1.82, 2.24) is 0 Å². The van der Waals surface area contributed by atoms with Crippen LogP contribution >= 0.6 is 0 Å². The van der Waals surface area contributed by atoms with Crippen LogP contribution < -0.4 is 0 Å². The van der Waals surface area contributed by atoms with Gasteiger partial charge in [-0.15, -0.1) is 0 Å². The zero-order chi connectivity index (χ0) is 14.0. The second-order valence-corrected chi connectivity index (χ2v) is 5.32. The smallest absolute Gasteiger partial charge is 0.323 e. The summed E-state index contributed by atoms with van der Waals surface area (Å²) in [5.41, 5.74) is -1.36. The SMILES string of the molecule is COC(=O)C1(C(=O)OC)C[C@@H](O)C[C@@H]2C=CCC[C@@H]21. The van der Waals surface area contributed by atoms with Crippen LogP contribution in [-0.4, -0.2) is 37.4 Å². The molecule has 0 aromatic carbocycles. The summed E-state index contributed by atoms with van der Waals surface area (Å²) in [6.45, 7) is 0. The van der Waals surface area contributed by atoms with Gasteiger partial charge in [0.15, 0.2) is 5.41 Å². The van der Waals surface area contributed by atoms with E-state index in [1.807, 2.05) is 12.2 Å². The number of rotatable bonds is 2. The molecule has 0 aliphatic heterocycles. The van der Waals surface area contributed by atoms with E-state index >= 15 is 0 Å². The Morgan fingerprint density at radius 1 is 1.26 bits per heavy atom. The minimum atomic E-state index is -1.36. The molecule has 19 heavy (non-hydrogen) atoms. The average molecular weight is 268 g/mol. The molecule has 5 nitrogen and oxygen atoms in total. The van der Waals surface area contributed by atoms with Crippen LogP contribution in [0, 0.1) is 17.3 Å². The van der Waals surface area contributed by atoms with Gasteiger partial charge >= 0.3 is 11.9 Å². The van der Waals surface area contributed by atoms with Crippen molar-refractivity contribution < 1.29 is 24.2 Å². The Morgan fingerprint density at radius 2 is 1.89 bits per heavy atom. The summed E-state index contributed by atoms with van der Waals surface area (Å²) in [5, 5.41) is 10.0. The zero-order valence-electron chi connectivity index (χ0n) is 11.3. The van der Waals surface area contributed by atoms with Crippen molar-refractivity contribution in [3.63, 3.8) is 0 Å². The first-order valence-corrected chi connectivity index (χ1v) is 6.57. The summed E-state index contributed by atoms with van der Waals surface area (Å²) in [6.07, 6.45) is 5.57. The van der Waals surface area contributed by atoms with Crippen LogP contribution in [0.1, 0.15) is 25.7 Å². The molecule has 0 unspecified atom stereocenters. The number of allylic oxidation sites excluding steroid dienone is 2. The van der Waals surface area contributed by atoms with E-state index in [1.54, 1.807) is 0 Å². The largest absolute Gasteiger partial charge is 0.468 e. The van der Waals surface area contributed by atoms with Crippen molar-refractivity contribution in [3.05, 3.63) is 12.2 Å². The normalized spacial score (nSPS) is 32.3. The Bertz CT molecular complexity index is 385. The lowest BCUT2D eigenvalue weighted by Crippen LogP contribution is -2.55. The molecular weight excluding hydrogens is 248 g/mol. The minimum absolute atomic E-state index is 0.0238. The first-order chi connectivity index (χ1) is 9.06. The third-order valence-corrected chi connectivity index (χ3v) is 4.38. The van der Waals surface area contributed by atoms with Gasteiger partial charge in [0.05, 0.1) is 20.3 Å². The van der Waals surface area contributed by atoms with E-state index in [0.29, 0.717) is 6.42 Å². The lowest BCUT2D eigenvalue weighted by Gasteiger charge is -2.46. The highest BCUT2D eigenvalue weighted by Gasteiger charge is 2.59. The standard InChI is InChI=1S/C14H20O5/c1-18-12(16)14(13(17)19-2)8-10(15)7-9-5-3-4-6-11(9)14/h3,5,9-11,15H,4,6-8H2,1-2H3/t9-,10-,11-/m0/s1. The second kappa shape index (κ2) is 5.33. The minimum Gasteiger partial charge on any atom is -0.468 e. The molecule has 5 heteroatoms. The number of esters is 2. The number of aliphatic hydroxyl groups is 1. The number of hydrogen-bond donors (Lipinski definition) is 1. The fraction of sp³-hybridized carbons (Fsp3) is 0.714. The molecule has 0 aromatic heterocycles. The van der Waals surface area contributed by atoms with Crippen molar-refractivity contribution in [2.24, 2.45) is 17.3 Å². The first kappa shape index (κ1) is 14.1.